The van der Waals surface area contributed by atoms with E-state index in [1.165, 1.54) is 32.1 Å². The van der Waals surface area contributed by atoms with E-state index in [2.05, 4.69) is 41.0 Å². The number of carbonyl (C=O) groups is 1. The van der Waals surface area contributed by atoms with E-state index in [4.69, 9.17) is 0 Å². The van der Waals surface area contributed by atoms with Gasteiger partial charge in [0.1, 0.15) is 0 Å². The zero-order valence-electron chi connectivity index (χ0n) is 16.8. The predicted molar refractivity (Wildman–Crippen MR) is 113 cm³/mol. The van der Waals surface area contributed by atoms with Crippen molar-refractivity contribution in [1.29, 1.82) is 0 Å². The maximum absolute atomic E-state index is 10.3. The summed E-state index contributed by atoms with van der Waals surface area (Å²) in [6.07, 6.45) is 13.1. The smallest absolute Gasteiger partial charge is 0.211 e. The molecule has 0 aliphatic heterocycles. The molecule has 0 spiro atoms. The summed E-state index contributed by atoms with van der Waals surface area (Å²) in [4.78, 5) is 18.3. The largest absolute Gasteiger partial charge is 0.329 e. The molecular formula is C24H29N3O. The van der Waals surface area contributed by atoms with Crippen molar-refractivity contribution >= 4 is 12.1 Å². The minimum Gasteiger partial charge on any atom is -0.329 e. The summed E-state index contributed by atoms with van der Waals surface area (Å²) in [6.45, 7) is 4.91. The van der Waals surface area contributed by atoms with Crippen LogP contribution in [-0.4, -0.2) is 16.4 Å². The number of carbonyl (C=O) groups excluding carboxylic acids is 1. The van der Waals surface area contributed by atoms with Crippen molar-refractivity contribution in [3.63, 3.8) is 0 Å². The third-order valence-corrected chi connectivity index (χ3v) is 5.55. The number of nitrogens with one attached hydrogen (secondary N) is 1. The number of hydrogen-bond donors (Lipinski definition) is 1. The molecule has 4 nitrogen and oxygen atoms in total. The highest BCUT2D eigenvalue weighted by molar-refractivity contribution is 5.71. The van der Waals surface area contributed by atoms with Gasteiger partial charge in [-0.2, -0.15) is 0 Å². The zero-order valence-corrected chi connectivity index (χ0v) is 16.8. The molecule has 0 saturated heterocycles. The molecule has 1 amide bonds. The van der Waals surface area contributed by atoms with Crippen LogP contribution in [0.2, 0.25) is 0 Å². The molecule has 2 aromatic rings. The number of fused-ring (bicyclic) bond motifs is 2. The minimum absolute atomic E-state index is 0.473. The van der Waals surface area contributed by atoms with Gasteiger partial charge in [0.15, 0.2) is 0 Å². The van der Waals surface area contributed by atoms with Crippen LogP contribution in [0.4, 0.5) is 5.69 Å². The lowest BCUT2D eigenvalue weighted by Gasteiger charge is -2.43. The average Bonchev–Trinajstić information content (AvgIpc) is 2.67. The first-order valence-corrected chi connectivity index (χ1v) is 10.1. The predicted octanol–water partition coefficient (Wildman–Crippen LogP) is 5.06. The fraction of sp³-hybridized carbons (Fsp3) is 0.458. The second kappa shape index (κ2) is 9.50. The Morgan fingerprint density at radius 3 is 2.46 bits per heavy atom. The lowest BCUT2D eigenvalue weighted by atomic mass is 9.62. The van der Waals surface area contributed by atoms with Gasteiger partial charge in [0.05, 0.1) is 0 Å². The van der Waals surface area contributed by atoms with Crippen molar-refractivity contribution in [2.45, 2.75) is 52.4 Å². The second-order valence-electron chi connectivity index (χ2n) is 8.64. The fourth-order valence-corrected chi connectivity index (χ4v) is 4.67. The van der Waals surface area contributed by atoms with Crippen molar-refractivity contribution in [3.05, 3.63) is 54.1 Å². The third kappa shape index (κ3) is 6.20. The Balaban J connectivity index is 0.000000176. The van der Waals surface area contributed by atoms with Crippen LogP contribution in [-0.2, 0) is 4.79 Å². The maximum atomic E-state index is 10.3. The topological polar surface area (TPSA) is 54.9 Å². The first kappa shape index (κ1) is 20.1. The highest BCUT2D eigenvalue weighted by Gasteiger charge is 2.35. The number of hydrogen-bond acceptors (Lipinski definition) is 3. The Morgan fingerprint density at radius 2 is 1.79 bits per heavy atom. The molecular weight excluding hydrogens is 346 g/mol. The van der Waals surface area contributed by atoms with Crippen LogP contribution in [0.3, 0.4) is 0 Å². The molecule has 2 aliphatic rings. The molecule has 1 N–H and O–H groups in total. The number of anilines is 1. The van der Waals surface area contributed by atoms with Crippen molar-refractivity contribution < 1.29 is 4.79 Å². The average molecular weight is 376 g/mol. The Kier molecular flexibility index (Phi) is 6.81. The molecule has 1 aromatic heterocycles. The summed E-state index contributed by atoms with van der Waals surface area (Å²) < 4.78 is 0. The molecule has 28 heavy (non-hydrogen) atoms. The SMILES string of the molecule is CC1(C)CC2CCCC(C2)C1.O=CNc1cccc(C#Cc2ncccn2)c1. The Morgan fingerprint density at radius 1 is 1.07 bits per heavy atom. The van der Waals surface area contributed by atoms with Crippen molar-refractivity contribution in [1.82, 2.24) is 9.97 Å². The van der Waals surface area contributed by atoms with Gasteiger partial charge in [-0.15, -0.1) is 0 Å². The Hall–Kier alpha value is -2.67. The molecule has 2 saturated carbocycles. The van der Waals surface area contributed by atoms with Crippen LogP contribution in [0.25, 0.3) is 0 Å². The first-order valence-electron chi connectivity index (χ1n) is 10.1. The Bertz CT molecular complexity index is 822. The maximum Gasteiger partial charge on any atom is 0.211 e. The zero-order chi connectivity index (χ0) is 19.8. The molecule has 4 heteroatoms. The number of aromatic nitrogens is 2. The molecule has 0 radical (unpaired) electrons. The number of rotatable bonds is 2. The van der Waals surface area contributed by atoms with Crippen LogP contribution in [0.15, 0.2) is 42.7 Å². The van der Waals surface area contributed by atoms with E-state index >= 15 is 0 Å². The third-order valence-electron chi connectivity index (χ3n) is 5.55. The van der Waals surface area contributed by atoms with Gasteiger partial charge in [-0.25, -0.2) is 9.97 Å². The second-order valence-corrected chi connectivity index (χ2v) is 8.64. The van der Waals surface area contributed by atoms with Crippen molar-refractivity contribution in [2.24, 2.45) is 17.3 Å². The van der Waals surface area contributed by atoms with Gasteiger partial charge < -0.3 is 5.32 Å². The summed E-state index contributed by atoms with van der Waals surface area (Å²) >= 11 is 0. The minimum atomic E-state index is 0.473. The van der Waals surface area contributed by atoms with E-state index < -0.39 is 0 Å². The first-order chi connectivity index (χ1) is 13.5. The molecule has 1 heterocycles. The summed E-state index contributed by atoms with van der Waals surface area (Å²) in [5, 5.41) is 2.57. The van der Waals surface area contributed by atoms with Crippen LogP contribution >= 0.6 is 0 Å². The summed E-state index contributed by atoms with van der Waals surface area (Å²) in [5.74, 6) is 8.43. The number of nitrogens with zero attached hydrogens (tertiary/aromatic N) is 2. The number of benzene rings is 1. The quantitative estimate of drug-likeness (QED) is 0.590. The highest BCUT2D eigenvalue weighted by Crippen LogP contribution is 2.48. The molecule has 146 valence electrons. The van der Waals surface area contributed by atoms with E-state index in [-0.39, 0.29) is 0 Å². The van der Waals surface area contributed by atoms with Crippen LogP contribution in [0.1, 0.15) is 63.8 Å². The van der Waals surface area contributed by atoms with Crippen LogP contribution in [0.5, 0.6) is 0 Å². The van der Waals surface area contributed by atoms with Gasteiger partial charge in [0.2, 0.25) is 12.2 Å². The summed E-state index contributed by atoms with van der Waals surface area (Å²) in [6, 6.07) is 8.98. The molecule has 2 atom stereocenters. The molecule has 2 unspecified atom stereocenters. The lowest BCUT2D eigenvalue weighted by molar-refractivity contribution is -0.105. The van der Waals surface area contributed by atoms with Gasteiger partial charge >= 0.3 is 0 Å². The molecule has 2 bridgehead atoms. The summed E-state index contributed by atoms with van der Waals surface area (Å²) in [5.41, 5.74) is 2.18. The Labute approximate surface area is 168 Å². The lowest BCUT2D eigenvalue weighted by Crippen LogP contribution is -2.31. The molecule has 2 fully saturated rings. The monoisotopic (exact) mass is 375 g/mol. The number of amides is 1. The van der Waals surface area contributed by atoms with E-state index in [1.807, 2.05) is 12.1 Å². The van der Waals surface area contributed by atoms with Crippen molar-refractivity contribution in [3.8, 4) is 11.8 Å². The molecule has 4 rings (SSSR count). The van der Waals surface area contributed by atoms with Gasteiger partial charge in [-0.1, -0.05) is 45.1 Å². The molecule has 1 aromatic carbocycles. The van der Waals surface area contributed by atoms with Gasteiger partial charge in [0, 0.05) is 23.6 Å². The normalized spacial score (nSPS) is 21.9. The van der Waals surface area contributed by atoms with E-state index in [9.17, 15) is 4.79 Å². The highest BCUT2D eigenvalue weighted by atomic mass is 16.1. The van der Waals surface area contributed by atoms with E-state index in [1.54, 1.807) is 37.0 Å². The summed E-state index contributed by atoms with van der Waals surface area (Å²) in [7, 11) is 0. The standard InChI is InChI=1S/C13H9N3O.C11H20/c17-10-16-12-4-1-3-11(9-12)5-6-13-14-7-2-8-15-13;1-11(2)7-9-4-3-5-10(6-9)8-11/h1-4,7-10H,(H,16,17);9-10H,3-8H2,1-2H3. The van der Waals surface area contributed by atoms with Gasteiger partial charge in [-0.3, -0.25) is 4.79 Å². The fourth-order valence-electron chi connectivity index (χ4n) is 4.67. The van der Waals surface area contributed by atoms with Gasteiger partial charge in [0.25, 0.3) is 0 Å². The van der Waals surface area contributed by atoms with Crippen LogP contribution in [0, 0.1) is 29.1 Å². The van der Waals surface area contributed by atoms with E-state index in [0.29, 0.717) is 23.3 Å². The molecule has 2 aliphatic carbocycles. The van der Waals surface area contributed by atoms with Crippen molar-refractivity contribution in [2.75, 3.05) is 5.32 Å². The van der Waals surface area contributed by atoms with Crippen LogP contribution < -0.4 is 5.32 Å². The van der Waals surface area contributed by atoms with E-state index in [0.717, 1.165) is 17.4 Å². The van der Waals surface area contributed by atoms with Gasteiger partial charge in [-0.05, 0) is 66.7 Å².